The third-order valence-electron chi connectivity index (χ3n) is 7.08. The normalized spacial score (nSPS) is 17.9. The molecular weight excluding hydrogens is 536 g/mol. The van der Waals surface area contributed by atoms with Crippen molar-refractivity contribution < 1.29 is 22.0 Å². The quantitative estimate of drug-likeness (QED) is 0.434. The van der Waals surface area contributed by atoms with Gasteiger partial charge in [0.05, 0.1) is 23.3 Å². The fourth-order valence-corrected chi connectivity index (χ4v) is 7.03. The minimum atomic E-state index is -4.07. The molecule has 2 fully saturated rings. The number of carbonyl (C=O) groups is 1. The first-order chi connectivity index (χ1) is 17.9. The van der Waals surface area contributed by atoms with Crippen LogP contribution in [0.15, 0.2) is 17.0 Å². The molecule has 0 unspecified atom stereocenters. The molecule has 1 aliphatic carbocycles. The first-order valence-corrected chi connectivity index (χ1v) is 14.6. The fourth-order valence-electron chi connectivity index (χ4n) is 4.91. The van der Waals surface area contributed by atoms with Crippen molar-refractivity contribution in [2.24, 2.45) is 13.0 Å². The number of halogens is 2. The number of likely N-dealkylation sites (tertiary alicyclic amines) is 1. The summed E-state index contributed by atoms with van der Waals surface area (Å²) in [5.74, 6) is -0.0921. The topological polar surface area (TPSA) is 114 Å². The molecule has 14 heteroatoms. The van der Waals surface area contributed by atoms with Crippen molar-refractivity contribution >= 4 is 38.2 Å². The van der Waals surface area contributed by atoms with Crippen LogP contribution >= 0.6 is 11.3 Å². The highest BCUT2D eigenvalue weighted by atomic mass is 32.2. The number of carbonyl (C=O) groups excluding carboxylic acids is 1. The van der Waals surface area contributed by atoms with Gasteiger partial charge in [0.25, 0.3) is 12.1 Å². The molecule has 38 heavy (non-hydrogen) atoms. The number of piperidine rings is 1. The van der Waals surface area contributed by atoms with Crippen molar-refractivity contribution in [1.29, 1.82) is 0 Å². The Bertz CT molecular complexity index is 1550. The van der Waals surface area contributed by atoms with Gasteiger partial charge in [0.1, 0.15) is 5.69 Å². The SMILES string of the molecule is [C-]#[N+]C1(NS(=O)(=O)c2cc(C3CCN(C(=O)C(C)C)CC3)c3c(c2)c(-c2nnc(C(F)F)s2)nn3C)CC1. The zero-order valence-electron chi connectivity index (χ0n) is 21.1. The van der Waals surface area contributed by atoms with Crippen LogP contribution < -0.4 is 4.72 Å². The Morgan fingerprint density at radius 2 is 1.92 bits per heavy atom. The van der Waals surface area contributed by atoms with Gasteiger partial charge in [-0.1, -0.05) is 25.2 Å². The summed E-state index contributed by atoms with van der Waals surface area (Å²) in [6.07, 6.45) is -0.649. The van der Waals surface area contributed by atoms with E-state index in [1.165, 1.54) is 6.07 Å². The summed E-state index contributed by atoms with van der Waals surface area (Å²) in [5.41, 5.74) is 0.559. The van der Waals surface area contributed by atoms with Gasteiger partial charge >= 0.3 is 0 Å². The fraction of sp³-hybridized carbons (Fsp3) is 0.542. The Labute approximate surface area is 222 Å². The minimum Gasteiger partial charge on any atom is -0.342 e. The van der Waals surface area contributed by atoms with Gasteiger partial charge in [-0.2, -0.15) is 5.10 Å². The first kappa shape index (κ1) is 26.6. The third-order valence-corrected chi connectivity index (χ3v) is 9.53. The summed E-state index contributed by atoms with van der Waals surface area (Å²) >= 11 is 0.710. The molecule has 0 radical (unpaired) electrons. The zero-order chi connectivity index (χ0) is 27.4. The van der Waals surface area contributed by atoms with E-state index < -0.39 is 27.1 Å². The summed E-state index contributed by atoms with van der Waals surface area (Å²) in [7, 11) is -2.36. The van der Waals surface area contributed by atoms with Crippen molar-refractivity contribution in [2.75, 3.05) is 13.1 Å². The number of amides is 1. The number of hydrogen-bond donors (Lipinski definition) is 1. The van der Waals surface area contributed by atoms with Crippen molar-refractivity contribution in [3.8, 4) is 10.7 Å². The van der Waals surface area contributed by atoms with E-state index in [2.05, 4.69) is 24.9 Å². The Morgan fingerprint density at radius 1 is 1.24 bits per heavy atom. The van der Waals surface area contributed by atoms with E-state index in [9.17, 15) is 22.0 Å². The minimum absolute atomic E-state index is 0.0246. The lowest BCUT2D eigenvalue weighted by Crippen LogP contribution is -2.40. The van der Waals surface area contributed by atoms with Crippen molar-refractivity contribution in [3.63, 3.8) is 0 Å². The highest BCUT2D eigenvalue weighted by Gasteiger charge is 2.54. The van der Waals surface area contributed by atoms with Gasteiger partial charge < -0.3 is 4.90 Å². The number of hydrogen-bond acceptors (Lipinski definition) is 7. The van der Waals surface area contributed by atoms with Crippen LogP contribution in [0.5, 0.6) is 0 Å². The number of alkyl halides is 2. The van der Waals surface area contributed by atoms with E-state index in [1.807, 2.05) is 18.7 Å². The molecule has 1 amide bonds. The molecule has 1 saturated carbocycles. The average Bonchev–Trinajstić information content (AvgIpc) is 3.31. The van der Waals surface area contributed by atoms with Crippen LogP contribution in [0.1, 0.15) is 62.4 Å². The largest absolute Gasteiger partial charge is 0.342 e. The molecule has 0 bridgehead atoms. The lowest BCUT2D eigenvalue weighted by atomic mass is 9.87. The van der Waals surface area contributed by atoms with Crippen LogP contribution in [0.4, 0.5) is 8.78 Å². The van der Waals surface area contributed by atoms with Crippen LogP contribution in [0.2, 0.25) is 0 Å². The summed E-state index contributed by atoms with van der Waals surface area (Å²) < 4.78 is 57.5. The van der Waals surface area contributed by atoms with Crippen LogP contribution in [0.25, 0.3) is 26.4 Å². The summed E-state index contributed by atoms with van der Waals surface area (Å²) in [6, 6.07) is 3.08. The number of fused-ring (bicyclic) bond motifs is 1. The molecule has 1 N–H and O–H groups in total. The molecule has 2 aromatic heterocycles. The Balaban J connectivity index is 1.62. The predicted octanol–water partition coefficient (Wildman–Crippen LogP) is 4.08. The number of benzene rings is 1. The monoisotopic (exact) mass is 563 g/mol. The maximum atomic E-state index is 13.4. The molecule has 10 nitrogen and oxygen atoms in total. The van der Waals surface area contributed by atoms with Crippen molar-refractivity contribution in [1.82, 2.24) is 29.6 Å². The van der Waals surface area contributed by atoms with Crippen LogP contribution in [-0.2, 0) is 21.9 Å². The summed E-state index contributed by atoms with van der Waals surface area (Å²) in [6.45, 7) is 12.2. The Morgan fingerprint density at radius 3 is 2.47 bits per heavy atom. The van der Waals surface area contributed by atoms with Crippen molar-refractivity contribution in [2.45, 2.75) is 62.4 Å². The second-order valence-corrected chi connectivity index (χ2v) is 12.8. The highest BCUT2D eigenvalue weighted by molar-refractivity contribution is 7.89. The van der Waals surface area contributed by atoms with Gasteiger partial charge in [0, 0.05) is 31.4 Å². The molecule has 2 aliphatic rings. The smallest absolute Gasteiger partial charge is 0.299 e. The molecule has 5 rings (SSSR count). The molecule has 1 aliphatic heterocycles. The van der Waals surface area contributed by atoms with Crippen LogP contribution in [-0.4, -0.2) is 58.0 Å². The van der Waals surface area contributed by atoms with E-state index >= 15 is 0 Å². The second kappa shape index (κ2) is 9.62. The molecule has 0 spiro atoms. The number of nitrogens with zero attached hydrogens (tertiary/aromatic N) is 6. The van der Waals surface area contributed by atoms with E-state index in [-0.39, 0.29) is 33.3 Å². The molecule has 1 aromatic carbocycles. The molecule has 1 saturated heterocycles. The maximum Gasteiger partial charge on any atom is 0.299 e. The lowest BCUT2D eigenvalue weighted by molar-refractivity contribution is -0.135. The van der Waals surface area contributed by atoms with Crippen LogP contribution in [0.3, 0.4) is 0 Å². The molecular formula is C24H27F2N7O3S2. The van der Waals surface area contributed by atoms with Gasteiger partial charge in [-0.15, -0.1) is 14.9 Å². The van der Waals surface area contributed by atoms with Crippen LogP contribution in [0, 0.1) is 12.5 Å². The molecule has 0 atom stereocenters. The average molecular weight is 564 g/mol. The van der Waals surface area contributed by atoms with E-state index in [0.717, 1.165) is 5.56 Å². The standard InChI is InChI=1S/C24H27F2N7O3S2/c1-13(2)23(34)33-9-5-14(6-10-33)16-11-15(38(35,36)31-24(27-3)7-8-24)12-17-18(30-32(4)19(16)17)21-28-29-22(37-21)20(25)26/h11-14,20,31H,5-10H2,1-2,4H3. The van der Waals surface area contributed by atoms with Gasteiger partial charge in [0.15, 0.2) is 10.0 Å². The summed E-state index contributed by atoms with van der Waals surface area (Å²) in [5, 5.41) is 12.2. The second-order valence-electron chi connectivity index (χ2n) is 10.1. The molecule has 202 valence electrons. The van der Waals surface area contributed by atoms with Gasteiger partial charge in [0.2, 0.25) is 15.9 Å². The number of nitrogens with one attached hydrogen (secondary N) is 1. The van der Waals surface area contributed by atoms with E-state index in [4.69, 9.17) is 6.57 Å². The van der Waals surface area contributed by atoms with E-state index in [0.29, 0.717) is 61.0 Å². The predicted molar refractivity (Wildman–Crippen MR) is 137 cm³/mol. The lowest BCUT2D eigenvalue weighted by Gasteiger charge is -2.33. The maximum absolute atomic E-state index is 13.4. The molecule has 3 heterocycles. The Hall–Kier alpha value is -3.02. The summed E-state index contributed by atoms with van der Waals surface area (Å²) in [4.78, 5) is 17.8. The van der Waals surface area contributed by atoms with Gasteiger partial charge in [-0.05, 0) is 36.5 Å². The molecule has 3 aromatic rings. The van der Waals surface area contributed by atoms with Crippen molar-refractivity contribution in [3.05, 3.63) is 34.1 Å². The number of sulfonamides is 1. The van der Waals surface area contributed by atoms with E-state index in [1.54, 1.807) is 17.8 Å². The van der Waals surface area contributed by atoms with Gasteiger partial charge in [-0.25, -0.2) is 23.8 Å². The highest BCUT2D eigenvalue weighted by Crippen LogP contribution is 2.42. The van der Waals surface area contributed by atoms with Gasteiger partial charge in [-0.3, -0.25) is 14.3 Å². The third kappa shape index (κ3) is 4.78. The number of rotatable bonds is 7. The number of aryl methyl sites for hydroxylation is 1. The Kier molecular flexibility index (Phi) is 6.73. The first-order valence-electron chi connectivity index (χ1n) is 12.3. The zero-order valence-corrected chi connectivity index (χ0v) is 22.7. The number of aromatic nitrogens is 4.